The number of hydrogen-bond acceptors (Lipinski definition) is 4. The van der Waals surface area contributed by atoms with E-state index in [9.17, 15) is 26.4 Å². The number of hydrogen-bond donors (Lipinski definition) is 2. The second kappa shape index (κ2) is 7.96. The van der Waals surface area contributed by atoms with Crippen molar-refractivity contribution in [2.75, 3.05) is 4.31 Å². The van der Waals surface area contributed by atoms with Gasteiger partial charge in [0.25, 0.3) is 15.9 Å². The lowest BCUT2D eigenvalue weighted by atomic mass is 10.1. The van der Waals surface area contributed by atoms with Crippen molar-refractivity contribution in [1.29, 1.82) is 0 Å². The highest BCUT2D eigenvalue weighted by atomic mass is 32.2. The fraction of sp³-hybridized carbons (Fsp3) is 0.150. The standard InChI is InChI=1S/C20H17F3N2O4S/c1-13(19(26)24-27)25(17-8-4-7-16(12-17)20(21,22)23)30(28,29)18-10-9-14-5-2-3-6-15(14)11-18/h2-13,27H,1H3,(H,24,26)/t13-/m0/s1. The van der Waals surface area contributed by atoms with Crippen molar-refractivity contribution >= 4 is 32.4 Å². The Morgan fingerprint density at radius 2 is 1.67 bits per heavy atom. The number of halogens is 3. The molecular weight excluding hydrogens is 421 g/mol. The van der Waals surface area contributed by atoms with E-state index in [1.807, 2.05) is 0 Å². The topological polar surface area (TPSA) is 86.7 Å². The second-order valence-electron chi connectivity index (χ2n) is 6.51. The summed E-state index contributed by atoms with van der Waals surface area (Å²) in [5.74, 6) is -1.10. The largest absolute Gasteiger partial charge is 0.416 e. The minimum Gasteiger partial charge on any atom is -0.289 e. The van der Waals surface area contributed by atoms with Gasteiger partial charge < -0.3 is 0 Å². The first-order chi connectivity index (χ1) is 14.1. The molecule has 3 aromatic rings. The number of carbonyl (C=O) groups excluding carboxylic acids is 1. The summed E-state index contributed by atoms with van der Waals surface area (Å²) in [5, 5.41) is 10.3. The maximum absolute atomic E-state index is 13.4. The third-order valence-corrected chi connectivity index (χ3v) is 6.44. The zero-order valence-corrected chi connectivity index (χ0v) is 16.4. The number of nitrogens with zero attached hydrogens (tertiary/aromatic N) is 1. The summed E-state index contributed by atoms with van der Waals surface area (Å²) in [5.41, 5.74) is -0.0946. The van der Waals surface area contributed by atoms with E-state index in [0.717, 1.165) is 30.5 Å². The highest BCUT2D eigenvalue weighted by Gasteiger charge is 2.36. The number of hydroxylamine groups is 1. The van der Waals surface area contributed by atoms with Gasteiger partial charge in [-0.25, -0.2) is 13.9 Å². The van der Waals surface area contributed by atoms with E-state index in [0.29, 0.717) is 15.8 Å². The van der Waals surface area contributed by atoms with Gasteiger partial charge in [-0.15, -0.1) is 0 Å². The Bertz CT molecular complexity index is 1200. The van der Waals surface area contributed by atoms with Gasteiger partial charge in [0, 0.05) is 0 Å². The maximum atomic E-state index is 13.4. The zero-order chi connectivity index (χ0) is 22.1. The lowest BCUT2D eigenvalue weighted by Gasteiger charge is -2.29. The number of amides is 1. The first kappa shape index (κ1) is 21.6. The van der Waals surface area contributed by atoms with Crippen LogP contribution in [-0.4, -0.2) is 25.6 Å². The van der Waals surface area contributed by atoms with Crippen LogP contribution in [0, 0.1) is 0 Å². The van der Waals surface area contributed by atoms with Gasteiger partial charge in [0.05, 0.1) is 16.1 Å². The van der Waals surface area contributed by atoms with Crippen LogP contribution in [0.4, 0.5) is 18.9 Å². The van der Waals surface area contributed by atoms with Crippen molar-refractivity contribution in [3.05, 3.63) is 72.3 Å². The molecule has 0 spiro atoms. The lowest BCUT2D eigenvalue weighted by Crippen LogP contribution is -2.47. The van der Waals surface area contributed by atoms with Gasteiger partial charge in [0.2, 0.25) is 0 Å². The number of anilines is 1. The van der Waals surface area contributed by atoms with Crippen LogP contribution in [0.2, 0.25) is 0 Å². The average Bonchev–Trinajstić information content (AvgIpc) is 2.72. The summed E-state index contributed by atoms with van der Waals surface area (Å²) in [7, 11) is -4.47. The van der Waals surface area contributed by atoms with Crippen LogP contribution in [0.3, 0.4) is 0 Å². The van der Waals surface area contributed by atoms with Crippen molar-refractivity contribution in [2.24, 2.45) is 0 Å². The van der Waals surface area contributed by atoms with Gasteiger partial charge >= 0.3 is 6.18 Å². The fourth-order valence-electron chi connectivity index (χ4n) is 3.03. The summed E-state index contributed by atoms with van der Waals surface area (Å²) >= 11 is 0. The first-order valence-electron chi connectivity index (χ1n) is 8.70. The van der Waals surface area contributed by atoms with E-state index in [2.05, 4.69) is 0 Å². The molecule has 0 fully saturated rings. The Kier molecular flexibility index (Phi) is 5.73. The van der Waals surface area contributed by atoms with Gasteiger partial charge in [0.1, 0.15) is 6.04 Å². The molecular formula is C20H17F3N2O4S. The van der Waals surface area contributed by atoms with Crippen LogP contribution in [0.1, 0.15) is 12.5 Å². The molecule has 1 amide bonds. The molecule has 158 valence electrons. The molecule has 0 saturated heterocycles. The van der Waals surface area contributed by atoms with Crippen molar-refractivity contribution < 1.29 is 31.6 Å². The normalized spacial score (nSPS) is 13.1. The summed E-state index contributed by atoms with van der Waals surface area (Å²) in [6.45, 7) is 1.16. The molecule has 0 unspecified atom stereocenters. The zero-order valence-electron chi connectivity index (χ0n) is 15.6. The number of rotatable bonds is 5. The Balaban J connectivity index is 2.19. The Morgan fingerprint density at radius 1 is 1.00 bits per heavy atom. The average molecular weight is 438 g/mol. The highest BCUT2D eigenvalue weighted by molar-refractivity contribution is 7.93. The molecule has 0 aliphatic carbocycles. The number of carbonyl (C=O) groups is 1. The van der Waals surface area contributed by atoms with Crippen LogP contribution in [0.15, 0.2) is 71.6 Å². The van der Waals surface area contributed by atoms with E-state index in [1.165, 1.54) is 17.6 Å². The van der Waals surface area contributed by atoms with Gasteiger partial charge in [0.15, 0.2) is 0 Å². The first-order valence-corrected chi connectivity index (χ1v) is 10.1. The number of alkyl halides is 3. The van der Waals surface area contributed by atoms with E-state index in [4.69, 9.17) is 5.21 Å². The molecule has 0 bridgehead atoms. The molecule has 10 heteroatoms. The van der Waals surface area contributed by atoms with E-state index >= 15 is 0 Å². The van der Waals surface area contributed by atoms with E-state index in [-0.39, 0.29) is 10.6 Å². The van der Waals surface area contributed by atoms with E-state index < -0.39 is 33.7 Å². The summed E-state index contributed by atoms with van der Waals surface area (Å²) in [4.78, 5) is 11.8. The fourth-order valence-corrected chi connectivity index (χ4v) is 4.68. The summed E-state index contributed by atoms with van der Waals surface area (Å²) in [6, 6.07) is 13.3. The summed E-state index contributed by atoms with van der Waals surface area (Å²) in [6.07, 6.45) is -4.71. The number of nitrogens with one attached hydrogen (secondary N) is 1. The quantitative estimate of drug-likeness (QED) is 0.467. The Labute approximate surface area is 170 Å². The van der Waals surface area contributed by atoms with Crippen molar-refractivity contribution in [2.45, 2.75) is 24.0 Å². The van der Waals surface area contributed by atoms with Gasteiger partial charge in [-0.1, -0.05) is 36.4 Å². The predicted octanol–water partition coefficient (Wildman–Crippen LogP) is 3.95. The molecule has 0 heterocycles. The number of benzene rings is 3. The molecule has 30 heavy (non-hydrogen) atoms. The van der Waals surface area contributed by atoms with Crippen LogP contribution < -0.4 is 9.79 Å². The molecule has 3 rings (SSSR count). The molecule has 3 aromatic carbocycles. The molecule has 6 nitrogen and oxygen atoms in total. The van der Waals surface area contributed by atoms with Crippen LogP contribution >= 0.6 is 0 Å². The lowest BCUT2D eigenvalue weighted by molar-refractivity contribution is -0.137. The van der Waals surface area contributed by atoms with Gasteiger partial charge in [-0.2, -0.15) is 13.2 Å². The minimum atomic E-state index is -4.71. The summed E-state index contributed by atoms with van der Waals surface area (Å²) < 4.78 is 66.8. The van der Waals surface area contributed by atoms with Crippen molar-refractivity contribution in [1.82, 2.24) is 5.48 Å². The van der Waals surface area contributed by atoms with Crippen LogP contribution in [0.5, 0.6) is 0 Å². The smallest absolute Gasteiger partial charge is 0.289 e. The minimum absolute atomic E-state index is 0.212. The third-order valence-electron chi connectivity index (χ3n) is 4.55. The highest BCUT2D eigenvalue weighted by Crippen LogP contribution is 2.34. The van der Waals surface area contributed by atoms with E-state index in [1.54, 1.807) is 30.3 Å². The number of sulfonamides is 1. The SMILES string of the molecule is C[C@@H](C(=O)NO)N(c1cccc(C(F)(F)F)c1)S(=O)(=O)c1ccc2ccccc2c1. The molecule has 0 saturated carbocycles. The third kappa shape index (κ3) is 4.10. The molecule has 1 atom stereocenters. The van der Waals surface area contributed by atoms with Gasteiger partial charge in [-0.05, 0) is 48.0 Å². The van der Waals surface area contributed by atoms with Crippen LogP contribution in [-0.2, 0) is 21.0 Å². The maximum Gasteiger partial charge on any atom is 0.416 e. The molecule has 0 aromatic heterocycles. The second-order valence-corrected chi connectivity index (χ2v) is 8.32. The van der Waals surface area contributed by atoms with Crippen molar-refractivity contribution in [3.63, 3.8) is 0 Å². The molecule has 2 N–H and O–H groups in total. The van der Waals surface area contributed by atoms with Crippen molar-refractivity contribution in [3.8, 4) is 0 Å². The Morgan fingerprint density at radius 3 is 2.30 bits per heavy atom. The number of fused-ring (bicyclic) bond motifs is 1. The Hall–Kier alpha value is -3.11. The predicted molar refractivity (Wildman–Crippen MR) is 104 cm³/mol. The molecule has 0 aliphatic rings. The van der Waals surface area contributed by atoms with Gasteiger partial charge in [-0.3, -0.25) is 14.3 Å². The monoisotopic (exact) mass is 438 g/mol. The molecule has 0 aliphatic heterocycles. The van der Waals surface area contributed by atoms with Crippen LogP contribution in [0.25, 0.3) is 10.8 Å². The molecule has 0 radical (unpaired) electrons.